The van der Waals surface area contributed by atoms with Crippen LogP contribution in [0, 0.1) is 11.8 Å². The van der Waals surface area contributed by atoms with Gasteiger partial charge < -0.3 is 10.1 Å². The van der Waals surface area contributed by atoms with Crippen LogP contribution in [0.5, 0.6) is 0 Å². The van der Waals surface area contributed by atoms with E-state index in [1.54, 1.807) is 18.3 Å². The highest BCUT2D eigenvalue weighted by molar-refractivity contribution is 6.07. The number of carbonyl (C=O) groups is 2. The van der Waals surface area contributed by atoms with E-state index in [1.165, 1.54) is 0 Å². The smallest absolute Gasteiger partial charge is 0.314 e. The van der Waals surface area contributed by atoms with Gasteiger partial charge in [-0.25, -0.2) is 0 Å². The molecule has 19 heavy (non-hydrogen) atoms. The summed E-state index contributed by atoms with van der Waals surface area (Å²) in [6.45, 7) is 4.17. The lowest BCUT2D eigenvalue weighted by atomic mass is 9.86. The van der Waals surface area contributed by atoms with E-state index in [9.17, 15) is 14.7 Å². The van der Waals surface area contributed by atoms with E-state index in [1.807, 2.05) is 0 Å². The molecule has 0 bridgehead atoms. The standard InChI is InChI=1S/C15H23NO3/c1-3-5-7-11(4-2)10-12(15(18)19)14(17)13-8-6-9-16-13/h6,8-9,11-12,16H,3-5,7,10H2,1-2H3,(H,18,19). The first-order valence-corrected chi connectivity index (χ1v) is 7.00. The van der Waals surface area contributed by atoms with Gasteiger partial charge in [-0.3, -0.25) is 9.59 Å². The molecule has 0 fully saturated rings. The summed E-state index contributed by atoms with van der Waals surface area (Å²) in [4.78, 5) is 26.3. The first-order chi connectivity index (χ1) is 9.10. The van der Waals surface area contributed by atoms with Crippen LogP contribution < -0.4 is 0 Å². The van der Waals surface area contributed by atoms with E-state index in [0.29, 0.717) is 18.0 Å². The Labute approximate surface area is 114 Å². The average molecular weight is 265 g/mol. The summed E-state index contributed by atoms with van der Waals surface area (Å²) < 4.78 is 0. The highest BCUT2D eigenvalue weighted by Crippen LogP contribution is 2.24. The van der Waals surface area contributed by atoms with Crippen molar-refractivity contribution in [1.82, 2.24) is 4.98 Å². The predicted octanol–water partition coefficient (Wildman–Crippen LogP) is 3.50. The number of nitrogens with one attached hydrogen (secondary N) is 1. The second-order valence-electron chi connectivity index (χ2n) is 4.99. The lowest BCUT2D eigenvalue weighted by Gasteiger charge is -2.18. The van der Waals surface area contributed by atoms with Crippen molar-refractivity contribution in [1.29, 1.82) is 0 Å². The lowest BCUT2D eigenvalue weighted by Crippen LogP contribution is -2.26. The molecule has 1 aromatic heterocycles. The minimum absolute atomic E-state index is 0.306. The van der Waals surface area contributed by atoms with Gasteiger partial charge in [-0.05, 0) is 24.5 Å². The molecule has 4 heteroatoms. The van der Waals surface area contributed by atoms with E-state index < -0.39 is 11.9 Å². The third-order valence-electron chi connectivity index (χ3n) is 3.59. The first kappa shape index (κ1) is 15.5. The number of hydrogen-bond donors (Lipinski definition) is 2. The lowest BCUT2D eigenvalue weighted by molar-refractivity contribution is -0.140. The number of Topliss-reactive ketones (excluding diaryl/α,β-unsaturated/α-hetero) is 1. The van der Waals surface area contributed by atoms with Gasteiger partial charge in [0.25, 0.3) is 0 Å². The van der Waals surface area contributed by atoms with Crippen molar-refractivity contribution < 1.29 is 14.7 Å². The number of aromatic amines is 1. The third kappa shape index (κ3) is 4.54. The Bertz CT molecular complexity index is 398. The molecule has 0 saturated carbocycles. The molecule has 106 valence electrons. The number of rotatable bonds is 9. The van der Waals surface area contributed by atoms with Crippen molar-refractivity contribution in [2.75, 3.05) is 0 Å². The predicted molar refractivity (Wildman–Crippen MR) is 74.2 cm³/mol. The van der Waals surface area contributed by atoms with Crippen molar-refractivity contribution in [3.05, 3.63) is 24.0 Å². The molecular formula is C15H23NO3. The zero-order valence-corrected chi connectivity index (χ0v) is 11.7. The van der Waals surface area contributed by atoms with Gasteiger partial charge in [-0.1, -0.05) is 39.5 Å². The first-order valence-electron chi connectivity index (χ1n) is 7.00. The molecule has 2 N–H and O–H groups in total. The molecule has 1 rings (SSSR count). The summed E-state index contributed by atoms with van der Waals surface area (Å²) >= 11 is 0. The number of aromatic nitrogens is 1. The zero-order chi connectivity index (χ0) is 14.3. The van der Waals surface area contributed by atoms with Gasteiger partial charge in [0.1, 0.15) is 5.92 Å². The summed E-state index contributed by atoms with van der Waals surface area (Å²) in [5.74, 6) is -1.96. The number of aliphatic carboxylic acids is 1. The molecule has 1 heterocycles. The van der Waals surface area contributed by atoms with Crippen LogP contribution in [0.25, 0.3) is 0 Å². The number of hydrogen-bond acceptors (Lipinski definition) is 2. The highest BCUT2D eigenvalue weighted by Gasteiger charge is 2.30. The van der Waals surface area contributed by atoms with Crippen molar-refractivity contribution in [3.63, 3.8) is 0 Å². The summed E-state index contributed by atoms with van der Waals surface area (Å²) in [6.07, 6.45) is 6.17. The summed E-state index contributed by atoms with van der Waals surface area (Å²) in [6, 6.07) is 3.34. The van der Waals surface area contributed by atoms with Crippen LogP contribution >= 0.6 is 0 Å². The van der Waals surface area contributed by atoms with E-state index in [2.05, 4.69) is 18.8 Å². The third-order valence-corrected chi connectivity index (χ3v) is 3.59. The van der Waals surface area contributed by atoms with Crippen molar-refractivity contribution >= 4 is 11.8 Å². The van der Waals surface area contributed by atoms with Crippen LogP contribution in [0.15, 0.2) is 18.3 Å². The molecule has 0 saturated heterocycles. The number of H-pyrrole nitrogens is 1. The molecule has 0 aliphatic carbocycles. The van der Waals surface area contributed by atoms with Crippen LogP contribution in [0.3, 0.4) is 0 Å². The van der Waals surface area contributed by atoms with E-state index in [-0.39, 0.29) is 5.78 Å². The van der Waals surface area contributed by atoms with Gasteiger partial charge in [0.05, 0.1) is 5.69 Å². The molecule has 2 atom stereocenters. The number of carboxylic acids is 1. The fraction of sp³-hybridized carbons (Fsp3) is 0.600. The topological polar surface area (TPSA) is 70.2 Å². The Morgan fingerprint density at radius 3 is 2.58 bits per heavy atom. The van der Waals surface area contributed by atoms with Crippen molar-refractivity contribution in [2.45, 2.75) is 46.0 Å². The Kier molecular flexibility index (Phi) is 6.33. The maximum absolute atomic E-state index is 12.2. The highest BCUT2D eigenvalue weighted by atomic mass is 16.4. The van der Waals surface area contributed by atoms with Gasteiger partial charge in [0, 0.05) is 6.20 Å². The fourth-order valence-corrected chi connectivity index (χ4v) is 2.31. The Hall–Kier alpha value is -1.58. The Balaban J connectivity index is 2.72. The normalized spacial score (nSPS) is 14.0. The number of carbonyl (C=O) groups excluding carboxylic acids is 1. The summed E-state index contributed by atoms with van der Waals surface area (Å²) in [7, 11) is 0. The minimum atomic E-state index is -1.02. The SMILES string of the molecule is CCCCC(CC)CC(C(=O)O)C(=O)c1ccc[nH]1. The molecule has 0 aromatic carbocycles. The van der Waals surface area contributed by atoms with Crippen LogP contribution in [-0.4, -0.2) is 21.8 Å². The van der Waals surface area contributed by atoms with Crippen LogP contribution in [0.1, 0.15) is 56.4 Å². The molecular weight excluding hydrogens is 242 g/mol. The summed E-state index contributed by atoms with van der Waals surface area (Å²) in [5.41, 5.74) is 0.387. The second kappa shape index (κ2) is 7.77. The van der Waals surface area contributed by atoms with Gasteiger partial charge in [-0.15, -0.1) is 0 Å². The van der Waals surface area contributed by atoms with Gasteiger partial charge >= 0.3 is 5.97 Å². The van der Waals surface area contributed by atoms with Gasteiger partial charge in [0.15, 0.2) is 5.78 Å². The average Bonchev–Trinajstić information content (AvgIpc) is 2.92. The van der Waals surface area contributed by atoms with Gasteiger partial charge in [-0.2, -0.15) is 0 Å². The van der Waals surface area contributed by atoms with Crippen LogP contribution in [0.2, 0.25) is 0 Å². The molecule has 0 amide bonds. The number of carboxylic acid groups (broad SMARTS) is 1. The van der Waals surface area contributed by atoms with Crippen molar-refractivity contribution in [2.24, 2.45) is 11.8 Å². The van der Waals surface area contributed by atoms with Gasteiger partial charge in [0.2, 0.25) is 0 Å². The molecule has 1 aromatic rings. The maximum atomic E-state index is 12.2. The zero-order valence-electron chi connectivity index (χ0n) is 11.7. The number of unbranched alkanes of at least 4 members (excludes halogenated alkanes) is 1. The second-order valence-corrected chi connectivity index (χ2v) is 4.99. The molecule has 4 nitrogen and oxygen atoms in total. The molecule has 0 aliphatic rings. The molecule has 0 aliphatic heterocycles. The largest absolute Gasteiger partial charge is 0.481 e. The summed E-state index contributed by atoms with van der Waals surface area (Å²) in [5, 5.41) is 9.28. The van der Waals surface area contributed by atoms with Crippen LogP contribution in [0.4, 0.5) is 0 Å². The molecule has 0 spiro atoms. The van der Waals surface area contributed by atoms with E-state index in [0.717, 1.165) is 25.7 Å². The Morgan fingerprint density at radius 2 is 2.11 bits per heavy atom. The quantitative estimate of drug-likeness (QED) is 0.530. The van der Waals surface area contributed by atoms with E-state index in [4.69, 9.17) is 0 Å². The monoisotopic (exact) mass is 265 g/mol. The number of ketones is 1. The van der Waals surface area contributed by atoms with E-state index >= 15 is 0 Å². The fourth-order valence-electron chi connectivity index (χ4n) is 2.31. The maximum Gasteiger partial charge on any atom is 0.314 e. The minimum Gasteiger partial charge on any atom is -0.481 e. The van der Waals surface area contributed by atoms with Crippen molar-refractivity contribution in [3.8, 4) is 0 Å². The molecule has 2 unspecified atom stereocenters. The van der Waals surface area contributed by atoms with Crippen LogP contribution in [-0.2, 0) is 4.79 Å². The molecule has 0 radical (unpaired) electrons. The Morgan fingerprint density at radius 1 is 1.37 bits per heavy atom.